The van der Waals surface area contributed by atoms with Crippen molar-refractivity contribution < 1.29 is 19.1 Å². The van der Waals surface area contributed by atoms with Crippen LogP contribution >= 0.6 is 0 Å². The van der Waals surface area contributed by atoms with Gasteiger partial charge in [0.05, 0.1) is 5.56 Å². The van der Waals surface area contributed by atoms with E-state index in [1.807, 2.05) is 0 Å². The highest BCUT2D eigenvalue weighted by Crippen LogP contribution is 2.24. The molecule has 0 spiro atoms. The van der Waals surface area contributed by atoms with Gasteiger partial charge in [0.25, 0.3) is 5.91 Å². The number of nitrogens with one attached hydrogen (secondary N) is 2. The number of hydrogen-bond donors (Lipinski definition) is 2. The van der Waals surface area contributed by atoms with E-state index in [0.717, 1.165) is 30.5 Å². The van der Waals surface area contributed by atoms with Crippen LogP contribution in [0.5, 0.6) is 0 Å². The first-order valence-corrected chi connectivity index (χ1v) is 9.62. The van der Waals surface area contributed by atoms with Crippen molar-refractivity contribution in [1.29, 1.82) is 0 Å². The first-order valence-electron chi connectivity index (χ1n) is 9.62. The minimum atomic E-state index is -0.853. The van der Waals surface area contributed by atoms with Gasteiger partial charge in [-0.05, 0) is 69.2 Å². The highest BCUT2D eigenvalue weighted by molar-refractivity contribution is 5.96. The third kappa shape index (κ3) is 5.18. The molecule has 1 atom stereocenters. The third-order valence-electron chi connectivity index (χ3n) is 5.02. The Kier molecular flexibility index (Phi) is 6.27. The molecule has 2 amide bonds. The molecular weight excluding hydrogens is 344 g/mol. The average molecular weight is 370 g/mol. The van der Waals surface area contributed by atoms with E-state index < -0.39 is 12.1 Å². The SMILES string of the molecule is CC(OC(=O)c1ccc2c(c1)CCC(=O)N2)C(=O)NCCC1=CCCCC1. The van der Waals surface area contributed by atoms with Crippen LogP contribution in [0, 0.1) is 0 Å². The number of amides is 2. The van der Waals surface area contributed by atoms with E-state index in [1.54, 1.807) is 25.1 Å². The fourth-order valence-corrected chi connectivity index (χ4v) is 3.41. The Morgan fingerprint density at radius 2 is 2.07 bits per heavy atom. The number of ether oxygens (including phenoxy) is 1. The zero-order chi connectivity index (χ0) is 19.2. The maximum absolute atomic E-state index is 12.3. The van der Waals surface area contributed by atoms with Crippen molar-refractivity contribution >= 4 is 23.5 Å². The lowest BCUT2D eigenvalue weighted by atomic mass is 9.97. The molecule has 0 aromatic heterocycles. The van der Waals surface area contributed by atoms with E-state index in [1.165, 1.54) is 18.4 Å². The van der Waals surface area contributed by atoms with Crippen LogP contribution in [0.15, 0.2) is 29.8 Å². The highest BCUT2D eigenvalue weighted by Gasteiger charge is 2.21. The van der Waals surface area contributed by atoms with Crippen LogP contribution in [0.3, 0.4) is 0 Å². The molecule has 1 aromatic rings. The van der Waals surface area contributed by atoms with E-state index in [-0.39, 0.29) is 11.8 Å². The minimum Gasteiger partial charge on any atom is -0.449 e. The number of carbonyl (C=O) groups is 3. The number of benzene rings is 1. The molecule has 0 bridgehead atoms. The molecule has 2 N–H and O–H groups in total. The van der Waals surface area contributed by atoms with Crippen molar-refractivity contribution in [3.63, 3.8) is 0 Å². The highest BCUT2D eigenvalue weighted by atomic mass is 16.5. The van der Waals surface area contributed by atoms with Crippen LogP contribution in [0.25, 0.3) is 0 Å². The third-order valence-corrected chi connectivity index (χ3v) is 5.02. The molecule has 1 aliphatic carbocycles. The summed E-state index contributed by atoms with van der Waals surface area (Å²) in [7, 11) is 0. The summed E-state index contributed by atoms with van der Waals surface area (Å²) >= 11 is 0. The van der Waals surface area contributed by atoms with Gasteiger partial charge in [0, 0.05) is 18.7 Å². The zero-order valence-corrected chi connectivity index (χ0v) is 15.7. The van der Waals surface area contributed by atoms with Gasteiger partial charge in [0.15, 0.2) is 6.10 Å². The van der Waals surface area contributed by atoms with Crippen LogP contribution in [-0.4, -0.2) is 30.4 Å². The molecule has 2 aliphatic rings. The van der Waals surface area contributed by atoms with Gasteiger partial charge in [-0.15, -0.1) is 0 Å². The average Bonchev–Trinajstić information content (AvgIpc) is 2.68. The first-order chi connectivity index (χ1) is 13.0. The maximum atomic E-state index is 12.3. The lowest BCUT2D eigenvalue weighted by Crippen LogP contribution is -2.36. The molecule has 6 nitrogen and oxygen atoms in total. The summed E-state index contributed by atoms with van der Waals surface area (Å²) in [4.78, 5) is 35.9. The summed E-state index contributed by atoms with van der Waals surface area (Å²) in [6, 6.07) is 5.02. The van der Waals surface area contributed by atoms with Gasteiger partial charge in [-0.25, -0.2) is 4.79 Å². The molecule has 6 heteroatoms. The molecule has 1 aromatic carbocycles. The molecule has 0 saturated heterocycles. The zero-order valence-electron chi connectivity index (χ0n) is 15.7. The van der Waals surface area contributed by atoms with Gasteiger partial charge < -0.3 is 15.4 Å². The Bertz CT molecular complexity index is 769. The Labute approximate surface area is 159 Å². The Hall–Kier alpha value is -2.63. The second-order valence-electron chi connectivity index (χ2n) is 7.12. The van der Waals surface area contributed by atoms with Crippen molar-refractivity contribution in [3.05, 3.63) is 41.0 Å². The minimum absolute atomic E-state index is 0.0212. The standard InChI is InChI=1S/C21H26N2O4/c1-14(20(25)22-12-11-15-5-3-2-4-6-15)27-21(26)17-7-9-18-16(13-17)8-10-19(24)23-18/h5,7,9,13-14H,2-4,6,8,10-12H2,1H3,(H,22,25)(H,23,24). The van der Waals surface area contributed by atoms with Crippen LogP contribution < -0.4 is 10.6 Å². The number of hydrogen-bond acceptors (Lipinski definition) is 4. The monoisotopic (exact) mass is 370 g/mol. The number of anilines is 1. The number of aryl methyl sites for hydroxylation is 1. The molecule has 0 radical (unpaired) electrons. The van der Waals surface area contributed by atoms with E-state index in [2.05, 4.69) is 16.7 Å². The molecule has 27 heavy (non-hydrogen) atoms. The summed E-state index contributed by atoms with van der Waals surface area (Å²) in [5, 5.41) is 5.61. The van der Waals surface area contributed by atoms with Crippen molar-refractivity contribution in [2.75, 3.05) is 11.9 Å². The number of esters is 1. The quantitative estimate of drug-likeness (QED) is 0.595. The summed E-state index contributed by atoms with van der Waals surface area (Å²) < 4.78 is 5.30. The Morgan fingerprint density at radius 3 is 2.85 bits per heavy atom. The predicted octanol–water partition coefficient (Wildman–Crippen LogP) is 3.12. The molecular formula is C21H26N2O4. The predicted molar refractivity (Wildman–Crippen MR) is 102 cm³/mol. The molecule has 1 aliphatic heterocycles. The Morgan fingerprint density at radius 1 is 1.22 bits per heavy atom. The molecule has 3 rings (SSSR count). The second kappa shape index (κ2) is 8.84. The van der Waals surface area contributed by atoms with Crippen LogP contribution in [0.1, 0.15) is 61.4 Å². The van der Waals surface area contributed by atoms with Gasteiger partial charge >= 0.3 is 5.97 Å². The van der Waals surface area contributed by atoms with Crippen LogP contribution in [0.2, 0.25) is 0 Å². The van der Waals surface area contributed by atoms with Crippen molar-refractivity contribution in [2.45, 2.75) is 58.0 Å². The molecule has 144 valence electrons. The van der Waals surface area contributed by atoms with Crippen molar-refractivity contribution in [3.8, 4) is 0 Å². The van der Waals surface area contributed by atoms with E-state index in [9.17, 15) is 14.4 Å². The molecule has 1 heterocycles. The van der Waals surface area contributed by atoms with Crippen molar-refractivity contribution in [2.24, 2.45) is 0 Å². The lowest BCUT2D eigenvalue weighted by Gasteiger charge is -2.18. The number of carbonyl (C=O) groups excluding carboxylic acids is 3. The van der Waals surface area contributed by atoms with Gasteiger partial charge in [0.2, 0.25) is 5.91 Å². The fraction of sp³-hybridized carbons (Fsp3) is 0.476. The van der Waals surface area contributed by atoms with Gasteiger partial charge in [-0.3, -0.25) is 9.59 Å². The summed E-state index contributed by atoms with van der Waals surface area (Å²) in [6.07, 6.45) is 7.96. The van der Waals surface area contributed by atoms with Crippen molar-refractivity contribution in [1.82, 2.24) is 5.32 Å². The van der Waals surface area contributed by atoms with Gasteiger partial charge in [-0.2, -0.15) is 0 Å². The molecule has 0 fully saturated rings. The van der Waals surface area contributed by atoms with E-state index in [0.29, 0.717) is 24.9 Å². The molecule has 1 unspecified atom stereocenters. The summed E-state index contributed by atoms with van der Waals surface area (Å²) in [5.74, 6) is -0.843. The largest absolute Gasteiger partial charge is 0.449 e. The summed E-state index contributed by atoms with van der Waals surface area (Å²) in [6.45, 7) is 2.14. The smallest absolute Gasteiger partial charge is 0.338 e. The second-order valence-corrected chi connectivity index (χ2v) is 7.12. The topological polar surface area (TPSA) is 84.5 Å². The fourth-order valence-electron chi connectivity index (χ4n) is 3.41. The molecule has 0 saturated carbocycles. The number of rotatable bonds is 6. The summed E-state index contributed by atoms with van der Waals surface area (Å²) in [5.41, 5.74) is 3.41. The van der Waals surface area contributed by atoms with E-state index in [4.69, 9.17) is 4.74 Å². The lowest BCUT2D eigenvalue weighted by molar-refractivity contribution is -0.129. The maximum Gasteiger partial charge on any atom is 0.338 e. The van der Waals surface area contributed by atoms with Crippen LogP contribution in [-0.2, 0) is 20.7 Å². The Balaban J connectivity index is 1.48. The first kappa shape index (κ1) is 19.1. The number of allylic oxidation sites excluding steroid dienone is 1. The van der Waals surface area contributed by atoms with Crippen LogP contribution in [0.4, 0.5) is 5.69 Å². The number of fused-ring (bicyclic) bond motifs is 1. The van der Waals surface area contributed by atoms with Gasteiger partial charge in [0.1, 0.15) is 0 Å². The van der Waals surface area contributed by atoms with Gasteiger partial charge in [-0.1, -0.05) is 11.6 Å². The normalized spacial score (nSPS) is 17.2. The van der Waals surface area contributed by atoms with E-state index >= 15 is 0 Å².